The highest BCUT2D eigenvalue weighted by atomic mass is 16.7. The Bertz CT molecular complexity index is 1700. The van der Waals surface area contributed by atoms with E-state index in [1.807, 2.05) is 105 Å². The molecule has 1 saturated heterocycles. The molecular weight excluding hydrogens is 646 g/mol. The Morgan fingerprint density at radius 3 is 2.22 bits per heavy atom. The summed E-state index contributed by atoms with van der Waals surface area (Å²) >= 11 is 0. The Labute approximate surface area is 300 Å². The van der Waals surface area contributed by atoms with Crippen molar-refractivity contribution in [3.8, 4) is 11.1 Å². The minimum absolute atomic E-state index is 0.0274. The van der Waals surface area contributed by atoms with Crippen LogP contribution in [0.2, 0.25) is 0 Å². The first kappa shape index (κ1) is 37.8. The molecule has 0 radical (unpaired) electrons. The number of benzene rings is 4. The predicted molar refractivity (Wildman–Crippen MR) is 194 cm³/mol. The zero-order chi connectivity index (χ0) is 36.2. The van der Waals surface area contributed by atoms with Crippen LogP contribution < -0.4 is 10.8 Å². The molecule has 2 amide bonds. The first-order valence-corrected chi connectivity index (χ1v) is 17.6. The summed E-state index contributed by atoms with van der Waals surface area (Å²) in [5.41, 5.74) is 8.12. The number of amides is 2. The smallest absolute Gasteiger partial charge is 0.243 e. The molecule has 0 aliphatic carbocycles. The van der Waals surface area contributed by atoms with E-state index in [4.69, 9.17) is 14.7 Å². The van der Waals surface area contributed by atoms with Gasteiger partial charge in [-0.15, -0.1) is 0 Å². The highest BCUT2D eigenvalue weighted by Gasteiger charge is 2.34. The van der Waals surface area contributed by atoms with Crippen LogP contribution in [-0.2, 0) is 32.2 Å². The summed E-state index contributed by atoms with van der Waals surface area (Å²) in [6.07, 6.45) is 0.451. The highest BCUT2D eigenvalue weighted by Crippen LogP contribution is 2.39. The van der Waals surface area contributed by atoms with Crippen molar-refractivity contribution >= 4 is 11.8 Å². The summed E-state index contributed by atoms with van der Waals surface area (Å²) in [7, 11) is 2.00. The second-order valence-corrected chi connectivity index (χ2v) is 13.2. The van der Waals surface area contributed by atoms with E-state index >= 15 is 0 Å². The van der Waals surface area contributed by atoms with E-state index in [9.17, 15) is 19.8 Å². The number of unbranched alkanes of at least 4 members (excludes halogenated alkanes) is 1. The summed E-state index contributed by atoms with van der Waals surface area (Å²) in [6, 6.07) is 33.5. The zero-order valence-corrected chi connectivity index (χ0v) is 29.3. The second-order valence-electron chi connectivity index (χ2n) is 13.2. The number of carbonyl (C=O) groups is 2. The molecule has 270 valence electrons. The van der Waals surface area contributed by atoms with E-state index in [2.05, 4.69) is 22.3 Å². The van der Waals surface area contributed by atoms with Gasteiger partial charge in [-0.3, -0.25) is 19.7 Å². The van der Waals surface area contributed by atoms with Gasteiger partial charge in [-0.1, -0.05) is 91.0 Å². The first-order valence-electron chi connectivity index (χ1n) is 17.6. The maximum Gasteiger partial charge on any atom is 0.243 e. The molecule has 10 heteroatoms. The molecule has 51 heavy (non-hydrogen) atoms. The Kier molecular flexibility index (Phi) is 13.9. The molecular formula is C41H49N3O7. The maximum absolute atomic E-state index is 12.4. The lowest BCUT2D eigenvalue weighted by Crippen LogP contribution is -2.43. The first-order chi connectivity index (χ1) is 24.7. The number of aliphatic hydroxyl groups excluding tert-OH is 2. The lowest BCUT2D eigenvalue weighted by molar-refractivity contribution is -0.253. The Morgan fingerprint density at radius 2 is 1.51 bits per heavy atom. The van der Waals surface area contributed by atoms with Crippen molar-refractivity contribution in [2.24, 2.45) is 0 Å². The fraction of sp³-hybridized carbons (Fsp3) is 0.366. The van der Waals surface area contributed by atoms with Gasteiger partial charge in [0.15, 0.2) is 6.29 Å². The molecule has 5 rings (SSSR count). The van der Waals surface area contributed by atoms with Crippen LogP contribution >= 0.6 is 0 Å². The minimum atomic E-state index is -0.651. The van der Waals surface area contributed by atoms with Gasteiger partial charge < -0.3 is 25.0 Å². The summed E-state index contributed by atoms with van der Waals surface area (Å²) < 4.78 is 13.3. The van der Waals surface area contributed by atoms with Gasteiger partial charge in [-0.25, -0.2) is 5.48 Å². The summed E-state index contributed by atoms with van der Waals surface area (Å²) in [5.74, 6) is -0.549. The third kappa shape index (κ3) is 10.8. The molecule has 5 atom stereocenters. The number of aliphatic hydroxyl groups is 2. The van der Waals surface area contributed by atoms with Crippen LogP contribution in [0.4, 0.5) is 0 Å². The van der Waals surface area contributed by atoms with Gasteiger partial charge >= 0.3 is 0 Å². The monoisotopic (exact) mass is 695 g/mol. The fourth-order valence-corrected chi connectivity index (χ4v) is 6.33. The number of hydrogen-bond acceptors (Lipinski definition) is 8. The molecule has 10 nitrogen and oxygen atoms in total. The standard InChI is InChI=1S/C41H49N3O7/c1-28(40(48)32-11-4-3-5-12-32)44(2)26-36-24-37(31-20-18-29(27-45)19-21-31)51-41(50-36)35-15-9-14-34(23-35)33-13-8-10-30(22-33)25-42-38(46)16-6-7-17-39(47)43-49/h3-5,8-15,18-23,28,36-37,40-41,45,48-49H,6-7,16-17,24-27H2,1-2H3,(H,42,46)(H,43,47)/t28-,36-,37+,40-,41+/m0/s1. The van der Waals surface area contributed by atoms with Gasteiger partial charge in [-0.05, 0) is 72.3 Å². The molecule has 0 aromatic heterocycles. The van der Waals surface area contributed by atoms with Crippen molar-refractivity contribution in [1.82, 2.24) is 15.7 Å². The lowest BCUT2D eigenvalue weighted by Gasteiger charge is -2.39. The molecule has 0 saturated carbocycles. The molecule has 1 heterocycles. The number of ether oxygens (including phenoxy) is 2. The van der Waals surface area contributed by atoms with Crippen LogP contribution in [-0.4, -0.2) is 57.9 Å². The summed E-state index contributed by atoms with van der Waals surface area (Å²) in [4.78, 5) is 25.7. The third-order valence-electron chi connectivity index (χ3n) is 9.49. The molecule has 1 aliphatic heterocycles. The number of hydrogen-bond donors (Lipinski definition) is 5. The van der Waals surface area contributed by atoms with Gasteiger partial charge in [0.1, 0.15) is 0 Å². The number of likely N-dealkylation sites (N-methyl/N-ethyl adjacent to an activating group) is 1. The van der Waals surface area contributed by atoms with E-state index in [-0.39, 0.29) is 37.2 Å². The van der Waals surface area contributed by atoms with Crippen molar-refractivity contribution in [2.75, 3.05) is 13.6 Å². The number of nitrogens with one attached hydrogen (secondary N) is 2. The average Bonchev–Trinajstić information content (AvgIpc) is 3.18. The van der Waals surface area contributed by atoms with Crippen LogP contribution in [0, 0.1) is 0 Å². The third-order valence-corrected chi connectivity index (χ3v) is 9.49. The van der Waals surface area contributed by atoms with Crippen LogP contribution in [0.5, 0.6) is 0 Å². The van der Waals surface area contributed by atoms with Crippen molar-refractivity contribution in [1.29, 1.82) is 0 Å². The van der Waals surface area contributed by atoms with Gasteiger partial charge in [0.05, 0.1) is 24.9 Å². The maximum atomic E-state index is 12.4. The van der Waals surface area contributed by atoms with Crippen molar-refractivity contribution < 1.29 is 34.5 Å². The Hall–Kier alpha value is -4.42. The van der Waals surface area contributed by atoms with Crippen LogP contribution in [0.25, 0.3) is 11.1 Å². The predicted octanol–water partition coefficient (Wildman–Crippen LogP) is 6.13. The molecule has 4 aromatic rings. The molecule has 1 fully saturated rings. The molecule has 5 N–H and O–H groups in total. The summed E-state index contributed by atoms with van der Waals surface area (Å²) in [5, 5.41) is 32.3. The van der Waals surface area contributed by atoms with Gasteiger partial charge in [0.25, 0.3) is 0 Å². The Balaban J connectivity index is 1.28. The summed E-state index contributed by atoms with van der Waals surface area (Å²) in [6.45, 7) is 2.95. The normalized spacial score (nSPS) is 18.6. The SMILES string of the molecule is C[C@@H]([C@H](O)c1ccccc1)N(C)C[C@@H]1C[C@H](c2ccc(CO)cc2)O[C@H](c2cccc(-c3cccc(CNC(=O)CCCCC(=O)NO)c3)c2)O1. The fourth-order valence-electron chi connectivity index (χ4n) is 6.33. The topological polar surface area (TPSA) is 141 Å². The van der Waals surface area contributed by atoms with Gasteiger partial charge in [-0.2, -0.15) is 0 Å². The van der Waals surface area contributed by atoms with Crippen molar-refractivity contribution in [2.45, 2.75) is 82.8 Å². The van der Waals surface area contributed by atoms with Crippen LogP contribution in [0.1, 0.15) is 85.3 Å². The highest BCUT2D eigenvalue weighted by molar-refractivity contribution is 5.76. The van der Waals surface area contributed by atoms with E-state index in [0.29, 0.717) is 38.8 Å². The molecule has 4 aromatic carbocycles. The van der Waals surface area contributed by atoms with Crippen LogP contribution in [0.15, 0.2) is 103 Å². The van der Waals surface area contributed by atoms with Gasteiger partial charge in [0.2, 0.25) is 11.8 Å². The zero-order valence-electron chi connectivity index (χ0n) is 29.3. The number of nitrogens with zero attached hydrogens (tertiary/aromatic N) is 1. The molecule has 0 unspecified atom stereocenters. The number of hydroxylamine groups is 1. The largest absolute Gasteiger partial charge is 0.392 e. The molecule has 1 aliphatic rings. The van der Waals surface area contributed by atoms with E-state index in [1.54, 1.807) is 5.48 Å². The lowest BCUT2D eigenvalue weighted by atomic mass is 9.97. The minimum Gasteiger partial charge on any atom is -0.392 e. The van der Waals surface area contributed by atoms with E-state index in [0.717, 1.165) is 38.9 Å². The van der Waals surface area contributed by atoms with Crippen LogP contribution in [0.3, 0.4) is 0 Å². The average molecular weight is 696 g/mol. The number of carbonyl (C=O) groups excluding carboxylic acids is 2. The number of rotatable bonds is 16. The molecule has 0 bridgehead atoms. The molecule has 0 spiro atoms. The van der Waals surface area contributed by atoms with Crippen molar-refractivity contribution in [3.63, 3.8) is 0 Å². The van der Waals surface area contributed by atoms with E-state index < -0.39 is 18.3 Å². The Morgan fingerprint density at radius 1 is 0.824 bits per heavy atom. The second kappa shape index (κ2) is 18.7. The quantitative estimate of drug-likeness (QED) is 0.0536. The van der Waals surface area contributed by atoms with E-state index in [1.165, 1.54) is 0 Å². The van der Waals surface area contributed by atoms with Gasteiger partial charge in [0, 0.05) is 44.0 Å². The van der Waals surface area contributed by atoms with Crippen molar-refractivity contribution in [3.05, 3.63) is 131 Å².